The van der Waals surface area contributed by atoms with E-state index < -0.39 is 22.2 Å². The van der Waals surface area contributed by atoms with Crippen LogP contribution < -0.4 is 38.1 Å². The number of nitrogens with two attached hydrogens (primary N) is 2. The van der Waals surface area contributed by atoms with Crippen LogP contribution in [0.3, 0.4) is 0 Å². The average Bonchev–Trinajstić information content (AvgIpc) is 3.67. The molecule has 0 aliphatic heterocycles. The van der Waals surface area contributed by atoms with Crippen molar-refractivity contribution in [3.05, 3.63) is 77.4 Å². The number of ketones is 5. The maximum atomic E-state index is 11.7. The number of rotatable bonds is 21. The minimum Gasteiger partial charge on any atom is -0.394 e. The molecule has 0 saturated carbocycles. The number of carbonyl (C=O) groups is 5. The second kappa shape index (κ2) is 30.0. The van der Waals surface area contributed by atoms with E-state index in [0.717, 1.165) is 38.5 Å². The van der Waals surface area contributed by atoms with Gasteiger partial charge in [0.15, 0.2) is 11.7 Å². The van der Waals surface area contributed by atoms with Crippen LogP contribution in [0.25, 0.3) is 5.57 Å². The van der Waals surface area contributed by atoms with Gasteiger partial charge in [-0.25, -0.2) is 0 Å². The van der Waals surface area contributed by atoms with Gasteiger partial charge >= 0.3 is 0 Å². The van der Waals surface area contributed by atoms with Crippen LogP contribution in [0.2, 0.25) is 0 Å². The van der Waals surface area contributed by atoms with E-state index in [9.17, 15) is 24.0 Å². The number of fused-ring (bicyclic) bond motifs is 1. The summed E-state index contributed by atoms with van der Waals surface area (Å²) in [6.07, 6.45) is 7.14. The second-order valence-electron chi connectivity index (χ2n) is 18.3. The third kappa shape index (κ3) is 22.1. The quantitative estimate of drug-likeness (QED) is 0.0462. The van der Waals surface area contributed by atoms with Crippen molar-refractivity contribution in [2.24, 2.45) is 22.4 Å². The van der Waals surface area contributed by atoms with Crippen molar-refractivity contribution in [2.45, 2.75) is 149 Å². The number of guanidine groups is 1. The van der Waals surface area contributed by atoms with Crippen LogP contribution in [0.1, 0.15) is 125 Å². The lowest BCUT2D eigenvalue weighted by atomic mass is 9.87. The first-order valence-electron chi connectivity index (χ1n) is 22.5. The number of hydrogen-bond acceptors (Lipinski definition) is 12. The highest BCUT2D eigenvalue weighted by molar-refractivity contribution is 5.89. The largest absolute Gasteiger partial charge is 0.394 e. The number of likely N-dealkylation sites (N-methyl/N-ethyl adjacent to an activating group) is 5. The van der Waals surface area contributed by atoms with Gasteiger partial charge in [-0.05, 0) is 171 Å². The van der Waals surface area contributed by atoms with Gasteiger partial charge in [0.05, 0.1) is 34.3 Å². The van der Waals surface area contributed by atoms with Crippen molar-refractivity contribution in [2.75, 3.05) is 48.4 Å². The summed E-state index contributed by atoms with van der Waals surface area (Å²) in [6, 6.07) is 18.5. The minimum absolute atomic E-state index is 0.0486. The highest BCUT2D eigenvalue weighted by Crippen LogP contribution is 2.33. The zero-order valence-corrected chi connectivity index (χ0v) is 43.1. The highest BCUT2D eigenvalue weighted by Gasteiger charge is 2.32. The fraction of sp³-hybridized carbons (Fsp3) is 0.608. The van der Waals surface area contributed by atoms with Crippen LogP contribution in [0, 0.1) is 5.92 Å². The van der Waals surface area contributed by atoms with Crippen LogP contribution in [0.15, 0.2) is 65.7 Å². The summed E-state index contributed by atoms with van der Waals surface area (Å²) in [5, 5.41) is 23.7. The van der Waals surface area contributed by atoms with Crippen LogP contribution in [-0.4, -0.2) is 116 Å². The maximum Gasteiger partial charge on any atom is 0.185 e. The Labute approximate surface area is 392 Å². The number of hydrogen-bond donors (Lipinski definition) is 8. The molecule has 3 rings (SSSR count). The first-order chi connectivity index (χ1) is 30.1. The van der Waals surface area contributed by atoms with Crippen molar-refractivity contribution in [1.29, 1.82) is 0 Å². The molecule has 1 aliphatic carbocycles. The van der Waals surface area contributed by atoms with Crippen molar-refractivity contribution in [3.8, 4) is 0 Å². The Kier molecular flexibility index (Phi) is 28.9. The third-order valence-corrected chi connectivity index (χ3v) is 12.8. The van der Waals surface area contributed by atoms with Gasteiger partial charge in [-0.2, -0.15) is 0 Å². The molecule has 14 nitrogen and oxygen atoms in total. The number of aliphatic hydroxyl groups is 1. The summed E-state index contributed by atoms with van der Waals surface area (Å²) < 4.78 is 0. The average molecular weight is 909 g/mol. The molecule has 5 atom stereocenters. The molecule has 14 heteroatoms. The Morgan fingerprint density at radius 2 is 1.03 bits per heavy atom. The van der Waals surface area contributed by atoms with E-state index in [2.05, 4.69) is 75.8 Å². The number of nitrogens with one attached hydrogen (secondary N) is 5. The summed E-state index contributed by atoms with van der Waals surface area (Å²) >= 11 is 0. The molecule has 10 N–H and O–H groups in total. The van der Waals surface area contributed by atoms with Crippen molar-refractivity contribution in [1.82, 2.24) is 26.6 Å². The Bertz CT molecular complexity index is 1840. The maximum absolute atomic E-state index is 11.7. The van der Waals surface area contributed by atoms with Crippen molar-refractivity contribution >= 4 is 40.4 Å². The fourth-order valence-corrected chi connectivity index (χ4v) is 6.41. The normalized spacial score (nSPS) is 16.0. The first-order valence-corrected chi connectivity index (χ1v) is 22.5. The summed E-state index contributed by atoms with van der Waals surface area (Å²) in [5.74, 6) is 1.30. The molecule has 0 spiro atoms. The zero-order valence-electron chi connectivity index (χ0n) is 43.1. The van der Waals surface area contributed by atoms with Crippen LogP contribution in [0.5, 0.6) is 0 Å². The molecule has 368 valence electrons. The van der Waals surface area contributed by atoms with Crippen LogP contribution >= 0.6 is 0 Å². The minimum atomic E-state index is -0.750. The number of aliphatic hydroxyl groups excluding tert-OH is 1. The number of carbonyl (C=O) groups excluding carboxylic acids is 5. The molecule has 2 aromatic carbocycles. The van der Waals surface area contributed by atoms with E-state index in [1.165, 1.54) is 29.2 Å². The molecule has 1 aliphatic rings. The second-order valence-corrected chi connectivity index (χ2v) is 18.3. The number of Topliss-reactive ketones (excluding diaryl/α,β-unsaturated/α-hetero) is 5. The van der Waals surface area contributed by atoms with Gasteiger partial charge in [0.2, 0.25) is 0 Å². The lowest BCUT2D eigenvalue weighted by Gasteiger charge is -2.27. The molecular formula is C51H88N8O6. The Hall–Kier alpha value is -4.44. The molecule has 0 aromatic heterocycles. The zero-order chi connectivity index (χ0) is 50.8. The highest BCUT2D eigenvalue weighted by atomic mass is 16.3. The predicted molar refractivity (Wildman–Crippen MR) is 270 cm³/mol. The van der Waals surface area contributed by atoms with Crippen molar-refractivity contribution in [3.63, 3.8) is 0 Å². The van der Waals surface area contributed by atoms with Gasteiger partial charge in [0.1, 0.15) is 23.1 Å². The smallest absolute Gasteiger partial charge is 0.185 e. The van der Waals surface area contributed by atoms with Gasteiger partial charge in [-0.1, -0.05) is 74.5 Å². The number of benzene rings is 2. The number of allylic oxidation sites excluding steroid dienone is 1. The van der Waals surface area contributed by atoms with Gasteiger partial charge in [-0.15, -0.1) is 0 Å². The summed E-state index contributed by atoms with van der Waals surface area (Å²) in [6.45, 7) is 22.0. The third-order valence-electron chi connectivity index (χ3n) is 12.8. The van der Waals surface area contributed by atoms with Crippen LogP contribution in [-0.2, 0) is 36.8 Å². The molecule has 0 fully saturated rings. The summed E-state index contributed by atoms with van der Waals surface area (Å²) in [4.78, 5) is 60.2. The molecule has 65 heavy (non-hydrogen) atoms. The SMILES string of the molecule is CN[C@@](C)(CC(C)C)C(C)=O.CN[C@@](C)(CC1=CCc2ccccc21)C(C)=O.CN[C@@](C)(CCCN=C(N)N)C(C)=O.CN[C@@](C)(CO)C(C)=O.CN[C@@](C)(Cc1ccccc1)C(C)=O. The monoisotopic (exact) mass is 909 g/mol. The summed E-state index contributed by atoms with van der Waals surface area (Å²) in [7, 11) is 8.94. The van der Waals surface area contributed by atoms with E-state index >= 15 is 0 Å². The van der Waals surface area contributed by atoms with E-state index in [-0.39, 0.29) is 47.0 Å². The fourth-order valence-electron chi connectivity index (χ4n) is 6.41. The van der Waals surface area contributed by atoms with Crippen molar-refractivity contribution < 1.29 is 29.1 Å². The lowest BCUT2D eigenvalue weighted by Crippen LogP contribution is -2.49. The Morgan fingerprint density at radius 3 is 1.38 bits per heavy atom. The van der Waals surface area contributed by atoms with Gasteiger partial charge in [0.25, 0.3) is 0 Å². The molecule has 0 bridgehead atoms. The van der Waals surface area contributed by atoms with E-state index in [0.29, 0.717) is 12.5 Å². The van der Waals surface area contributed by atoms with Gasteiger partial charge < -0.3 is 43.2 Å². The number of nitrogens with zero attached hydrogens (tertiary/aromatic N) is 1. The number of aliphatic imine (C=N–C) groups is 1. The van der Waals surface area contributed by atoms with Gasteiger partial charge in [-0.3, -0.25) is 29.0 Å². The molecule has 0 unspecified atom stereocenters. The molecule has 2 aromatic rings. The van der Waals surface area contributed by atoms with Crippen LogP contribution in [0.4, 0.5) is 0 Å². The molecule has 0 saturated heterocycles. The van der Waals surface area contributed by atoms with E-state index in [1.54, 1.807) is 48.7 Å². The van der Waals surface area contributed by atoms with E-state index in [1.807, 2.05) is 79.2 Å². The Morgan fingerprint density at radius 1 is 0.615 bits per heavy atom. The molecule has 0 amide bonds. The van der Waals surface area contributed by atoms with Gasteiger partial charge in [0, 0.05) is 6.54 Å². The molecule has 0 heterocycles. The molecular weight excluding hydrogens is 821 g/mol. The molecule has 0 radical (unpaired) electrons. The first kappa shape index (κ1) is 62.6. The topological polar surface area (TPSA) is 230 Å². The van der Waals surface area contributed by atoms with E-state index in [4.69, 9.17) is 16.6 Å². The Balaban J connectivity index is 0. The lowest BCUT2D eigenvalue weighted by molar-refractivity contribution is -0.124. The summed E-state index contributed by atoms with van der Waals surface area (Å²) in [5.41, 5.74) is 13.1. The standard InChI is InChI=1S/C15H19NO.C12H17NO.C9H20N4O.C9H19NO.C6H13NO2/c1-11(17)15(2,16-3)10-13-9-8-12-6-4-5-7-14(12)13;1-10(14)12(2,13-3)9-11-7-5-4-6-8-11;1-7(14)9(2,12-3)5-4-6-13-8(10)11;1-7(2)6-9(4,10-5)8(3)11;1-5(9)6(2,4-8)7-3/h4-7,9,16H,8,10H2,1-3H3;4-8,13H,9H2,1-3H3;12H,4-6H2,1-3H3,(H4,10,11,13);7,10H,6H2,1-5H3;7-8H,4H2,1-3H3/t15-;12-;2*9-;6-/m00000/s1. The predicted octanol–water partition coefficient (Wildman–Crippen LogP) is 5.13.